The van der Waals surface area contributed by atoms with E-state index in [-0.39, 0.29) is 23.8 Å². The van der Waals surface area contributed by atoms with Crippen molar-refractivity contribution in [3.63, 3.8) is 0 Å². The maximum atomic E-state index is 11.7. The number of anilines is 1. The van der Waals surface area contributed by atoms with Crippen LogP contribution in [-0.4, -0.2) is 25.8 Å². The first-order chi connectivity index (χ1) is 9.46. The Morgan fingerprint density at radius 3 is 2.70 bits per heavy atom. The van der Waals surface area contributed by atoms with Gasteiger partial charge in [-0.1, -0.05) is 25.5 Å². The first-order valence-corrected chi connectivity index (χ1v) is 8.58. The number of carbonyl (C=O) groups excluding carboxylic acids is 1. The van der Waals surface area contributed by atoms with Gasteiger partial charge in [-0.3, -0.25) is 4.79 Å². The molecule has 0 unspecified atom stereocenters. The molecule has 1 aromatic rings. The Morgan fingerprint density at radius 1 is 1.30 bits per heavy atom. The molecule has 0 atom stereocenters. The maximum absolute atomic E-state index is 11.7. The number of hydrogen-bond donors (Lipinski definition) is 2. The van der Waals surface area contributed by atoms with Crippen molar-refractivity contribution in [2.75, 3.05) is 16.8 Å². The third-order valence-corrected chi connectivity index (χ3v) is 4.63. The molecule has 0 saturated heterocycles. The predicted octanol–water partition coefficient (Wildman–Crippen LogP) is 1.69. The first kappa shape index (κ1) is 16.7. The SMILES string of the molecule is CCCCS(=O)(=O)CCC(=O)Nc1cccc(CN)c1. The summed E-state index contributed by atoms with van der Waals surface area (Å²) in [6.07, 6.45) is 1.46. The lowest BCUT2D eigenvalue weighted by Crippen LogP contribution is -2.19. The molecule has 3 N–H and O–H groups in total. The molecule has 0 fully saturated rings. The van der Waals surface area contributed by atoms with E-state index in [1.165, 1.54) is 0 Å². The quantitative estimate of drug-likeness (QED) is 0.764. The lowest BCUT2D eigenvalue weighted by molar-refractivity contribution is -0.115. The summed E-state index contributed by atoms with van der Waals surface area (Å²) in [5, 5.41) is 2.69. The minimum Gasteiger partial charge on any atom is -0.326 e. The van der Waals surface area contributed by atoms with Crippen molar-refractivity contribution in [2.24, 2.45) is 5.73 Å². The van der Waals surface area contributed by atoms with Crippen molar-refractivity contribution in [1.82, 2.24) is 0 Å². The monoisotopic (exact) mass is 298 g/mol. The van der Waals surface area contributed by atoms with Gasteiger partial charge in [0.25, 0.3) is 0 Å². The lowest BCUT2D eigenvalue weighted by atomic mass is 10.2. The molecule has 112 valence electrons. The molecular formula is C14H22N2O3S. The zero-order chi connectivity index (χ0) is 15.0. The molecule has 0 aliphatic carbocycles. The van der Waals surface area contributed by atoms with E-state index in [4.69, 9.17) is 5.73 Å². The number of carbonyl (C=O) groups is 1. The highest BCUT2D eigenvalue weighted by Gasteiger charge is 2.13. The van der Waals surface area contributed by atoms with E-state index in [0.29, 0.717) is 18.7 Å². The normalized spacial score (nSPS) is 11.3. The molecule has 0 saturated carbocycles. The minimum atomic E-state index is -3.12. The molecular weight excluding hydrogens is 276 g/mol. The molecule has 5 nitrogen and oxygen atoms in total. The van der Waals surface area contributed by atoms with Crippen LogP contribution in [0.1, 0.15) is 31.7 Å². The Balaban J connectivity index is 2.47. The maximum Gasteiger partial charge on any atom is 0.225 e. The minimum absolute atomic E-state index is 0.0150. The highest BCUT2D eigenvalue weighted by molar-refractivity contribution is 7.91. The average molecular weight is 298 g/mol. The van der Waals surface area contributed by atoms with Crippen molar-refractivity contribution < 1.29 is 13.2 Å². The second-order valence-electron chi connectivity index (χ2n) is 4.71. The van der Waals surface area contributed by atoms with Crippen LogP contribution in [0.25, 0.3) is 0 Å². The Kier molecular flexibility index (Phi) is 6.67. The Morgan fingerprint density at radius 2 is 2.05 bits per heavy atom. The second-order valence-corrected chi connectivity index (χ2v) is 7.01. The Hall–Kier alpha value is -1.40. The number of unbranched alkanes of at least 4 members (excludes halogenated alkanes) is 1. The second kappa shape index (κ2) is 8.01. The standard InChI is InChI=1S/C14H22N2O3S/c1-2-3-8-20(18,19)9-7-14(17)16-13-6-4-5-12(10-13)11-15/h4-6,10H,2-3,7-9,11,15H2,1H3,(H,16,17). The van der Waals surface area contributed by atoms with Gasteiger partial charge in [-0.15, -0.1) is 0 Å². The summed E-state index contributed by atoms with van der Waals surface area (Å²) in [5.74, 6) is -0.242. The third-order valence-electron chi connectivity index (χ3n) is 2.90. The fourth-order valence-corrected chi connectivity index (χ4v) is 3.14. The van der Waals surface area contributed by atoms with Gasteiger partial charge in [0, 0.05) is 18.7 Å². The molecule has 0 aromatic heterocycles. The average Bonchev–Trinajstić information content (AvgIpc) is 2.43. The number of amides is 1. The van der Waals surface area contributed by atoms with Crippen molar-refractivity contribution in [3.8, 4) is 0 Å². The van der Waals surface area contributed by atoms with Crippen molar-refractivity contribution in [2.45, 2.75) is 32.7 Å². The van der Waals surface area contributed by atoms with Crippen molar-refractivity contribution >= 4 is 21.4 Å². The van der Waals surface area contributed by atoms with Crippen molar-refractivity contribution in [3.05, 3.63) is 29.8 Å². The summed E-state index contributed by atoms with van der Waals surface area (Å²) in [6.45, 7) is 2.34. The van der Waals surface area contributed by atoms with Gasteiger partial charge in [0.15, 0.2) is 9.84 Å². The van der Waals surface area contributed by atoms with Gasteiger partial charge in [0.1, 0.15) is 0 Å². The van der Waals surface area contributed by atoms with Crippen LogP contribution in [0.2, 0.25) is 0 Å². The van der Waals surface area contributed by atoms with Gasteiger partial charge < -0.3 is 11.1 Å². The molecule has 0 heterocycles. The zero-order valence-electron chi connectivity index (χ0n) is 11.8. The van der Waals surface area contributed by atoms with E-state index < -0.39 is 9.84 Å². The molecule has 1 rings (SSSR count). The van der Waals surface area contributed by atoms with Crippen LogP contribution in [0.15, 0.2) is 24.3 Å². The summed E-state index contributed by atoms with van der Waals surface area (Å²) in [7, 11) is -3.12. The van der Waals surface area contributed by atoms with Crippen LogP contribution in [0.3, 0.4) is 0 Å². The first-order valence-electron chi connectivity index (χ1n) is 6.76. The number of nitrogens with two attached hydrogens (primary N) is 1. The van der Waals surface area contributed by atoms with Crippen LogP contribution >= 0.6 is 0 Å². The van der Waals surface area contributed by atoms with E-state index in [0.717, 1.165) is 12.0 Å². The van der Waals surface area contributed by atoms with Crippen LogP contribution < -0.4 is 11.1 Å². The highest BCUT2D eigenvalue weighted by atomic mass is 32.2. The van der Waals surface area contributed by atoms with Crippen molar-refractivity contribution in [1.29, 1.82) is 0 Å². The smallest absolute Gasteiger partial charge is 0.225 e. The van der Waals surface area contributed by atoms with E-state index >= 15 is 0 Å². The van der Waals surface area contributed by atoms with Gasteiger partial charge >= 0.3 is 0 Å². The number of rotatable bonds is 8. The predicted molar refractivity (Wildman–Crippen MR) is 81.1 cm³/mol. The fraction of sp³-hybridized carbons (Fsp3) is 0.500. The Labute approximate surface area is 120 Å². The molecule has 6 heteroatoms. The molecule has 0 spiro atoms. The van der Waals surface area contributed by atoms with Gasteiger partial charge in [0.05, 0.1) is 11.5 Å². The van der Waals surface area contributed by atoms with E-state index in [9.17, 15) is 13.2 Å². The van der Waals surface area contributed by atoms with Gasteiger partial charge in [-0.2, -0.15) is 0 Å². The third kappa shape index (κ3) is 6.16. The van der Waals surface area contributed by atoms with Crippen LogP contribution in [-0.2, 0) is 21.2 Å². The molecule has 1 amide bonds. The van der Waals surface area contributed by atoms with E-state index in [1.807, 2.05) is 13.0 Å². The zero-order valence-corrected chi connectivity index (χ0v) is 12.6. The molecule has 0 aliphatic rings. The van der Waals surface area contributed by atoms with E-state index in [2.05, 4.69) is 5.32 Å². The Bertz CT molecular complexity index is 541. The molecule has 0 aliphatic heterocycles. The van der Waals surface area contributed by atoms with Gasteiger partial charge in [-0.25, -0.2) is 8.42 Å². The number of benzene rings is 1. The summed E-state index contributed by atoms with van der Waals surface area (Å²) >= 11 is 0. The van der Waals surface area contributed by atoms with Crippen LogP contribution in [0.4, 0.5) is 5.69 Å². The largest absolute Gasteiger partial charge is 0.326 e. The molecule has 1 aromatic carbocycles. The number of sulfone groups is 1. The van der Waals surface area contributed by atoms with Crippen LogP contribution in [0, 0.1) is 0 Å². The number of nitrogens with one attached hydrogen (secondary N) is 1. The van der Waals surface area contributed by atoms with Crippen LogP contribution in [0.5, 0.6) is 0 Å². The topological polar surface area (TPSA) is 89.3 Å². The van der Waals surface area contributed by atoms with Gasteiger partial charge in [0.2, 0.25) is 5.91 Å². The summed E-state index contributed by atoms with van der Waals surface area (Å²) in [5.41, 5.74) is 7.08. The molecule has 0 bridgehead atoms. The molecule has 20 heavy (non-hydrogen) atoms. The van der Waals surface area contributed by atoms with E-state index in [1.54, 1.807) is 18.2 Å². The fourth-order valence-electron chi connectivity index (χ4n) is 1.71. The lowest BCUT2D eigenvalue weighted by Gasteiger charge is -2.07. The highest BCUT2D eigenvalue weighted by Crippen LogP contribution is 2.10. The molecule has 0 radical (unpaired) electrons. The summed E-state index contributed by atoms with van der Waals surface area (Å²) < 4.78 is 23.3. The number of hydrogen-bond acceptors (Lipinski definition) is 4. The summed E-state index contributed by atoms with van der Waals surface area (Å²) in [4.78, 5) is 11.7. The van der Waals surface area contributed by atoms with Gasteiger partial charge in [-0.05, 0) is 24.1 Å². The summed E-state index contributed by atoms with van der Waals surface area (Å²) in [6, 6.07) is 7.20.